The number of hydrogen-bond acceptors (Lipinski definition) is 4. The van der Waals surface area contributed by atoms with Crippen molar-refractivity contribution < 1.29 is 13.9 Å². The molecule has 212 valence electrons. The first-order chi connectivity index (χ1) is 20.1. The molecule has 5 heteroatoms. The van der Waals surface area contributed by atoms with Crippen molar-refractivity contribution in [2.24, 2.45) is 0 Å². The number of fused-ring (bicyclic) bond motifs is 1. The zero-order valence-electron chi connectivity index (χ0n) is 23.8. The number of halogens is 1. The Labute approximate surface area is 243 Å². The molecule has 4 aromatic carbocycles. The summed E-state index contributed by atoms with van der Waals surface area (Å²) in [6, 6.07) is 32.7. The molecule has 6 rings (SSSR count). The van der Waals surface area contributed by atoms with E-state index in [1.807, 2.05) is 24.3 Å². The lowest BCUT2D eigenvalue weighted by Gasteiger charge is -2.39. The maximum absolute atomic E-state index is 14.3. The number of nitrogens with one attached hydrogen (secondary N) is 1. The number of nitrogens with zero attached hydrogens (tertiary/aromatic N) is 1. The van der Waals surface area contributed by atoms with Crippen LogP contribution in [-0.4, -0.2) is 25.2 Å². The van der Waals surface area contributed by atoms with Gasteiger partial charge in [-0.15, -0.1) is 0 Å². The fourth-order valence-corrected chi connectivity index (χ4v) is 6.21. The van der Waals surface area contributed by atoms with Gasteiger partial charge in [-0.05, 0) is 104 Å². The van der Waals surface area contributed by atoms with Crippen LogP contribution in [0.25, 0.3) is 0 Å². The highest BCUT2D eigenvalue weighted by molar-refractivity contribution is 5.54. The third kappa shape index (κ3) is 6.74. The molecule has 0 aromatic heterocycles. The van der Waals surface area contributed by atoms with E-state index < -0.39 is 0 Å². The van der Waals surface area contributed by atoms with Gasteiger partial charge in [0.15, 0.2) is 0 Å². The van der Waals surface area contributed by atoms with Gasteiger partial charge in [-0.1, -0.05) is 61.0 Å². The zero-order chi connectivity index (χ0) is 28.0. The van der Waals surface area contributed by atoms with E-state index >= 15 is 0 Å². The average Bonchev–Trinajstić information content (AvgIpc) is 3.02. The van der Waals surface area contributed by atoms with Crippen LogP contribution in [0.15, 0.2) is 97.1 Å². The Balaban J connectivity index is 1.21. The van der Waals surface area contributed by atoms with Crippen molar-refractivity contribution in [3.63, 3.8) is 0 Å². The largest absolute Gasteiger partial charge is 0.489 e. The van der Waals surface area contributed by atoms with Gasteiger partial charge >= 0.3 is 0 Å². The van der Waals surface area contributed by atoms with Gasteiger partial charge in [-0.3, -0.25) is 0 Å². The van der Waals surface area contributed by atoms with Gasteiger partial charge in [-0.2, -0.15) is 0 Å². The molecule has 3 atom stereocenters. The summed E-state index contributed by atoms with van der Waals surface area (Å²) in [5, 5.41) is 3.59. The second-order valence-electron chi connectivity index (χ2n) is 11.3. The molecule has 0 spiro atoms. The van der Waals surface area contributed by atoms with Gasteiger partial charge in [0.25, 0.3) is 0 Å². The van der Waals surface area contributed by atoms with Crippen molar-refractivity contribution in [2.75, 3.05) is 18.0 Å². The predicted molar refractivity (Wildman–Crippen MR) is 163 cm³/mol. The van der Waals surface area contributed by atoms with Crippen LogP contribution in [0.3, 0.4) is 0 Å². The molecule has 1 saturated heterocycles. The van der Waals surface area contributed by atoms with Crippen molar-refractivity contribution in [3.8, 4) is 11.5 Å². The monoisotopic (exact) mass is 550 g/mol. The number of rotatable bonds is 9. The summed E-state index contributed by atoms with van der Waals surface area (Å²) in [5.74, 6) is 1.58. The Morgan fingerprint density at radius 2 is 1.71 bits per heavy atom. The van der Waals surface area contributed by atoms with E-state index in [1.165, 1.54) is 35.6 Å². The van der Waals surface area contributed by atoms with Crippen LogP contribution in [0.4, 0.5) is 10.1 Å². The van der Waals surface area contributed by atoms with E-state index in [-0.39, 0.29) is 18.0 Å². The quantitative estimate of drug-likeness (QED) is 0.232. The third-order valence-corrected chi connectivity index (χ3v) is 8.45. The molecule has 1 fully saturated rings. The van der Waals surface area contributed by atoms with Gasteiger partial charge in [-0.25, -0.2) is 4.39 Å². The molecule has 2 aliphatic rings. The van der Waals surface area contributed by atoms with Crippen LogP contribution in [0.5, 0.6) is 11.5 Å². The van der Waals surface area contributed by atoms with Crippen LogP contribution in [-0.2, 0) is 19.4 Å². The highest BCUT2D eigenvalue weighted by Crippen LogP contribution is 2.38. The Morgan fingerprint density at radius 1 is 0.878 bits per heavy atom. The van der Waals surface area contributed by atoms with Crippen LogP contribution >= 0.6 is 0 Å². The SMILES string of the molecule is CC(Oc1ccc(CC2c3ccc(OCc4ccccc4)cc3CCN2c2cccc(F)c2)cc1)C1CCCCN1. The molecule has 2 aliphatic heterocycles. The van der Waals surface area contributed by atoms with E-state index in [9.17, 15) is 4.39 Å². The minimum atomic E-state index is -0.209. The first-order valence-corrected chi connectivity index (χ1v) is 14.9. The minimum Gasteiger partial charge on any atom is -0.489 e. The predicted octanol–water partition coefficient (Wildman–Crippen LogP) is 7.66. The van der Waals surface area contributed by atoms with Gasteiger partial charge in [0, 0.05) is 18.3 Å². The van der Waals surface area contributed by atoms with Gasteiger partial charge in [0.2, 0.25) is 0 Å². The molecule has 0 bridgehead atoms. The molecule has 2 heterocycles. The van der Waals surface area contributed by atoms with Crippen LogP contribution in [0.2, 0.25) is 0 Å². The summed E-state index contributed by atoms with van der Waals surface area (Å²) in [4.78, 5) is 2.34. The summed E-state index contributed by atoms with van der Waals surface area (Å²) >= 11 is 0. The average molecular weight is 551 g/mol. The van der Waals surface area contributed by atoms with E-state index in [1.54, 1.807) is 12.1 Å². The minimum absolute atomic E-state index is 0.0841. The Kier molecular flexibility index (Phi) is 8.52. The van der Waals surface area contributed by atoms with Crippen molar-refractivity contribution in [2.45, 2.75) is 63.8 Å². The summed E-state index contributed by atoms with van der Waals surface area (Å²) in [6.07, 6.45) is 5.49. The molecule has 4 nitrogen and oxygen atoms in total. The van der Waals surface area contributed by atoms with Crippen molar-refractivity contribution >= 4 is 5.69 Å². The Hall–Kier alpha value is -3.83. The number of piperidine rings is 1. The van der Waals surface area contributed by atoms with Crippen molar-refractivity contribution in [1.29, 1.82) is 0 Å². The molecule has 4 aromatic rings. The lowest BCUT2D eigenvalue weighted by Crippen LogP contribution is -2.44. The van der Waals surface area contributed by atoms with Crippen LogP contribution in [0.1, 0.15) is 54.5 Å². The lowest BCUT2D eigenvalue weighted by molar-refractivity contribution is 0.152. The topological polar surface area (TPSA) is 33.7 Å². The summed E-state index contributed by atoms with van der Waals surface area (Å²) < 4.78 is 26.7. The first-order valence-electron chi connectivity index (χ1n) is 14.9. The zero-order valence-corrected chi connectivity index (χ0v) is 23.8. The van der Waals surface area contributed by atoms with Gasteiger partial charge < -0.3 is 19.7 Å². The Morgan fingerprint density at radius 3 is 2.49 bits per heavy atom. The number of benzene rings is 4. The Bertz CT molecular complexity index is 1420. The summed E-state index contributed by atoms with van der Waals surface area (Å²) in [6.45, 7) is 4.59. The first kappa shape index (κ1) is 27.3. The molecular weight excluding hydrogens is 511 g/mol. The van der Waals surface area contributed by atoms with E-state index in [4.69, 9.17) is 9.47 Å². The standard InChI is InChI=1S/C36H39FN2O2/c1-26(35-12-5-6-20-38-35)41-32-15-13-27(14-16-32)22-36-34-18-17-33(40-25-28-8-3-2-4-9-28)23-29(34)19-21-39(36)31-11-7-10-30(37)24-31/h2-4,7-11,13-18,23-24,26,35-36,38H,5-6,12,19-22,25H2,1H3. The van der Waals surface area contributed by atoms with Crippen molar-refractivity contribution in [3.05, 3.63) is 125 Å². The molecule has 0 aliphatic carbocycles. The fraction of sp³-hybridized carbons (Fsp3) is 0.333. The molecule has 1 N–H and O–H groups in total. The summed E-state index contributed by atoms with van der Waals surface area (Å²) in [5.41, 5.74) is 5.85. The second kappa shape index (κ2) is 12.8. The maximum Gasteiger partial charge on any atom is 0.125 e. The highest BCUT2D eigenvalue weighted by Gasteiger charge is 2.29. The number of ether oxygens (including phenoxy) is 2. The van der Waals surface area contributed by atoms with Gasteiger partial charge in [0.1, 0.15) is 30.0 Å². The third-order valence-electron chi connectivity index (χ3n) is 8.45. The smallest absolute Gasteiger partial charge is 0.125 e. The molecule has 0 radical (unpaired) electrons. The second-order valence-corrected chi connectivity index (χ2v) is 11.3. The molecule has 0 amide bonds. The van der Waals surface area contributed by atoms with Crippen molar-refractivity contribution in [1.82, 2.24) is 5.32 Å². The summed E-state index contributed by atoms with van der Waals surface area (Å²) in [7, 11) is 0. The van der Waals surface area contributed by atoms with E-state index in [0.717, 1.165) is 55.1 Å². The molecule has 3 unspecified atom stereocenters. The molecular formula is C36H39FN2O2. The highest BCUT2D eigenvalue weighted by atomic mass is 19.1. The molecule has 41 heavy (non-hydrogen) atoms. The van der Waals surface area contributed by atoms with Gasteiger partial charge in [0.05, 0.1) is 6.04 Å². The van der Waals surface area contributed by atoms with Crippen LogP contribution < -0.4 is 19.7 Å². The van der Waals surface area contributed by atoms with E-state index in [0.29, 0.717) is 12.6 Å². The van der Waals surface area contributed by atoms with Crippen LogP contribution in [0, 0.1) is 5.82 Å². The number of anilines is 1. The molecule has 0 saturated carbocycles. The normalized spacial score (nSPS) is 19.3. The fourth-order valence-electron chi connectivity index (χ4n) is 6.21. The number of hydrogen-bond donors (Lipinski definition) is 1. The van der Waals surface area contributed by atoms with E-state index in [2.05, 4.69) is 71.7 Å². The maximum atomic E-state index is 14.3. The lowest BCUT2D eigenvalue weighted by atomic mass is 9.88.